The van der Waals surface area contributed by atoms with Gasteiger partial charge >= 0.3 is 17.9 Å². The molecular weight excluding hydrogens is 420 g/mol. The van der Waals surface area contributed by atoms with E-state index in [4.69, 9.17) is 18.9 Å². The van der Waals surface area contributed by atoms with Crippen molar-refractivity contribution in [3.05, 3.63) is 42.2 Å². The lowest BCUT2D eigenvalue weighted by Crippen LogP contribution is -2.52. The molecule has 2 heterocycles. The first-order valence-corrected chi connectivity index (χ1v) is 10.2. The lowest BCUT2D eigenvalue weighted by atomic mass is 10.1. The number of piperazine rings is 1. The molecule has 0 unspecified atom stereocenters. The monoisotopic (exact) mass is 446 g/mol. The highest BCUT2D eigenvalue weighted by atomic mass is 16.7. The minimum atomic E-state index is -1.43. The van der Waals surface area contributed by atoms with Crippen molar-refractivity contribution in [1.29, 1.82) is 0 Å². The first-order valence-electron chi connectivity index (χ1n) is 10.2. The van der Waals surface area contributed by atoms with E-state index in [1.807, 2.05) is 30.3 Å². The number of ether oxygens (including phenoxy) is 4. The molecule has 0 saturated carbocycles. The summed E-state index contributed by atoms with van der Waals surface area (Å²) in [6.07, 6.45) is -2.55. The van der Waals surface area contributed by atoms with Crippen molar-refractivity contribution >= 4 is 29.5 Å². The quantitative estimate of drug-likeness (QED) is 0.483. The third-order valence-corrected chi connectivity index (χ3v) is 4.94. The average molecular weight is 446 g/mol. The van der Waals surface area contributed by atoms with Crippen molar-refractivity contribution in [2.75, 3.05) is 31.1 Å². The number of nitrogens with zero attached hydrogens (tertiary/aromatic N) is 2. The Balaban J connectivity index is 1.76. The van der Waals surface area contributed by atoms with Crippen LogP contribution in [0, 0.1) is 0 Å². The third kappa shape index (κ3) is 5.77. The molecule has 2 aliphatic rings. The number of amides is 1. The summed E-state index contributed by atoms with van der Waals surface area (Å²) in [5.74, 6) is -2.63. The summed E-state index contributed by atoms with van der Waals surface area (Å²) in [6, 6.07) is 9.87. The molecule has 1 amide bonds. The number of carbonyl (C=O) groups is 4. The number of hydrogen-bond acceptors (Lipinski definition) is 9. The second-order valence-electron chi connectivity index (χ2n) is 7.39. The lowest BCUT2D eigenvalue weighted by Gasteiger charge is -2.38. The molecule has 10 nitrogen and oxygen atoms in total. The van der Waals surface area contributed by atoms with E-state index in [1.165, 1.54) is 13.0 Å². The van der Waals surface area contributed by atoms with E-state index in [9.17, 15) is 19.2 Å². The van der Waals surface area contributed by atoms with Crippen LogP contribution in [0.15, 0.2) is 42.2 Å². The molecule has 3 rings (SSSR count). The molecule has 2 aliphatic heterocycles. The molecule has 3 atom stereocenters. The Kier molecular flexibility index (Phi) is 7.34. The zero-order valence-electron chi connectivity index (χ0n) is 18.2. The molecule has 0 aliphatic carbocycles. The summed E-state index contributed by atoms with van der Waals surface area (Å²) in [4.78, 5) is 51.5. The maximum absolute atomic E-state index is 13.1. The zero-order valence-corrected chi connectivity index (χ0v) is 18.2. The van der Waals surface area contributed by atoms with Crippen LogP contribution in [0.2, 0.25) is 0 Å². The molecule has 32 heavy (non-hydrogen) atoms. The van der Waals surface area contributed by atoms with E-state index in [0.717, 1.165) is 19.5 Å². The van der Waals surface area contributed by atoms with Crippen LogP contribution in [0.4, 0.5) is 5.69 Å². The molecule has 0 radical (unpaired) electrons. The van der Waals surface area contributed by atoms with Gasteiger partial charge in [0.05, 0.1) is 0 Å². The van der Waals surface area contributed by atoms with E-state index >= 15 is 0 Å². The SMILES string of the molecule is CC(=O)O[C@@H]1OC(C(=O)N2CCN(c3ccccc3)CC2)=C[C@H](OC(C)=O)[C@H]1OC(C)=O. The van der Waals surface area contributed by atoms with Gasteiger partial charge in [-0.25, -0.2) is 0 Å². The molecule has 172 valence electrons. The van der Waals surface area contributed by atoms with Gasteiger partial charge in [0.15, 0.2) is 11.9 Å². The smallest absolute Gasteiger partial charge is 0.305 e. The van der Waals surface area contributed by atoms with Gasteiger partial charge in [0.2, 0.25) is 6.10 Å². The Morgan fingerprint density at radius 3 is 2.00 bits per heavy atom. The fourth-order valence-electron chi connectivity index (χ4n) is 3.58. The van der Waals surface area contributed by atoms with Gasteiger partial charge in [-0.15, -0.1) is 0 Å². The van der Waals surface area contributed by atoms with Crippen LogP contribution in [-0.4, -0.2) is 73.4 Å². The summed E-state index contributed by atoms with van der Waals surface area (Å²) in [5, 5.41) is 0. The minimum Gasteiger partial charge on any atom is -0.454 e. The fraction of sp³-hybridized carbons (Fsp3) is 0.455. The number of benzene rings is 1. The van der Waals surface area contributed by atoms with Crippen LogP contribution in [0.3, 0.4) is 0 Å². The highest BCUT2D eigenvalue weighted by molar-refractivity contribution is 5.92. The summed E-state index contributed by atoms with van der Waals surface area (Å²) < 4.78 is 21.1. The summed E-state index contributed by atoms with van der Waals surface area (Å²) >= 11 is 0. The average Bonchev–Trinajstić information content (AvgIpc) is 2.75. The van der Waals surface area contributed by atoms with Gasteiger partial charge in [-0.05, 0) is 12.1 Å². The lowest BCUT2D eigenvalue weighted by molar-refractivity contribution is -0.223. The molecular formula is C22H26N2O8. The van der Waals surface area contributed by atoms with E-state index in [0.29, 0.717) is 26.2 Å². The standard InChI is InChI=1S/C22H26N2O8/c1-14(25)29-18-13-19(32-22(31-16(3)27)20(18)30-15(2)26)21(28)24-11-9-23(10-12-24)17-7-5-4-6-8-17/h4-8,13,18,20,22H,9-12H2,1-3H3/t18-,20+,22+/m0/s1. The van der Waals surface area contributed by atoms with Crippen molar-refractivity contribution in [3.63, 3.8) is 0 Å². The van der Waals surface area contributed by atoms with Crippen molar-refractivity contribution in [2.24, 2.45) is 0 Å². The first-order chi connectivity index (χ1) is 15.2. The van der Waals surface area contributed by atoms with Gasteiger partial charge in [-0.1, -0.05) is 18.2 Å². The van der Waals surface area contributed by atoms with Crippen LogP contribution in [0.1, 0.15) is 20.8 Å². The maximum Gasteiger partial charge on any atom is 0.305 e. The Labute approximate surface area is 185 Å². The van der Waals surface area contributed by atoms with Crippen molar-refractivity contribution in [3.8, 4) is 0 Å². The van der Waals surface area contributed by atoms with Crippen LogP contribution >= 0.6 is 0 Å². The van der Waals surface area contributed by atoms with Crippen molar-refractivity contribution in [1.82, 2.24) is 4.90 Å². The van der Waals surface area contributed by atoms with Gasteiger partial charge < -0.3 is 28.7 Å². The van der Waals surface area contributed by atoms with E-state index in [2.05, 4.69) is 4.90 Å². The topological polar surface area (TPSA) is 112 Å². The van der Waals surface area contributed by atoms with Gasteiger partial charge in [0.25, 0.3) is 12.2 Å². The Bertz CT molecular complexity index is 892. The highest BCUT2D eigenvalue weighted by Crippen LogP contribution is 2.26. The summed E-state index contributed by atoms with van der Waals surface area (Å²) in [6.45, 7) is 5.62. The number of esters is 3. The van der Waals surface area contributed by atoms with E-state index < -0.39 is 42.3 Å². The molecule has 10 heteroatoms. The third-order valence-electron chi connectivity index (χ3n) is 4.94. The Morgan fingerprint density at radius 1 is 0.844 bits per heavy atom. The van der Waals surface area contributed by atoms with Crippen LogP contribution < -0.4 is 4.90 Å². The molecule has 1 fully saturated rings. The maximum atomic E-state index is 13.1. The number of anilines is 1. The van der Waals surface area contributed by atoms with Gasteiger partial charge in [-0.2, -0.15) is 0 Å². The predicted molar refractivity (Wildman–Crippen MR) is 111 cm³/mol. The number of para-hydroxylation sites is 1. The molecule has 1 saturated heterocycles. The highest BCUT2D eigenvalue weighted by Gasteiger charge is 2.44. The first kappa shape index (κ1) is 23.1. The molecule has 0 spiro atoms. The fourth-order valence-corrected chi connectivity index (χ4v) is 3.58. The van der Waals surface area contributed by atoms with Crippen molar-refractivity contribution < 1.29 is 38.1 Å². The number of carbonyl (C=O) groups excluding carboxylic acids is 4. The Morgan fingerprint density at radius 2 is 1.44 bits per heavy atom. The molecule has 0 bridgehead atoms. The van der Waals surface area contributed by atoms with Crippen LogP contribution in [0.5, 0.6) is 0 Å². The summed E-state index contributed by atoms with van der Waals surface area (Å²) in [7, 11) is 0. The van der Waals surface area contributed by atoms with Crippen LogP contribution in [0.25, 0.3) is 0 Å². The zero-order chi connectivity index (χ0) is 23.3. The van der Waals surface area contributed by atoms with Gasteiger partial charge in [-0.3, -0.25) is 19.2 Å². The second-order valence-corrected chi connectivity index (χ2v) is 7.39. The van der Waals surface area contributed by atoms with Gasteiger partial charge in [0, 0.05) is 58.7 Å². The van der Waals surface area contributed by atoms with E-state index in [-0.39, 0.29) is 5.76 Å². The predicted octanol–water partition coefficient (Wildman–Crippen LogP) is 1.00. The molecule has 0 N–H and O–H groups in total. The second kappa shape index (κ2) is 10.2. The minimum absolute atomic E-state index is 0.140. The van der Waals surface area contributed by atoms with Crippen molar-refractivity contribution in [2.45, 2.75) is 39.3 Å². The molecule has 1 aromatic carbocycles. The van der Waals surface area contributed by atoms with Crippen LogP contribution in [-0.2, 0) is 38.1 Å². The number of hydrogen-bond donors (Lipinski definition) is 0. The normalized spacial score (nSPS) is 22.8. The Hall–Kier alpha value is -3.56. The van der Waals surface area contributed by atoms with E-state index in [1.54, 1.807) is 4.90 Å². The van der Waals surface area contributed by atoms with Gasteiger partial charge in [0.1, 0.15) is 0 Å². The molecule has 1 aromatic rings. The number of rotatable bonds is 5. The summed E-state index contributed by atoms with van der Waals surface area (Å²) in [5.41, 5.74) is 1.07. The molecule has 0 aromatic heterocycles. The largest absolute Gasteiger partial charge is 0.454 e.